The molecular formula is C26H26FNO4. The zero-order valence-electron chi connectivity index (χ0n) is 17.8. The van der Waals surface area contributed by atoms with Crippen molar-refractivity contribution in [2.24, 2.45) is 5.92 Å². The smallest absolute Gasteiger partial charge is 0.227 e. The summed E-state index contributed by atoms with van der Waals surface area (Å²) >= 11 is 0. The summed E-state index contributed by atoms with van der Waals surface area (Å²) in [6.07, 6.45) is 0.520. The van der Waals surface area contributed by atoms with Crippen LogP contribution in [0, 0.1) is 11.7 Å². The molecule has 0 saturated carbocycles. The lowest BCUT2D eigenvalue weighted by Gasteiger charge is -2.30. The summed E-state index contributed by atoms with van der Waals surface area (Å²) in [7, 11) is 1.53. The number of ether oxygens (including phenoxy) is 1. The Labute approximate surface area is 186 Å². The molecule has 0 bridgehead atoms. The molecule has 1 saturated heterocycles. The van der Waals surface area contributed by atoms with Gasteiger partial charge >= 0.3 is 0 Å². The zero-order chi connectivity index (χ0) is 22.7. The highest BCUT2D eigenvalue weighted by molar-refractivity contribution is 5.97. The predicted molar refractivity (Wildman–Crippen MR) is 120 cm³/mol. The van der Waals surface area contributed by atoms with E-state index in [1.54, 1.807) is 35.2 Å². The van der Waals surface area contributed by atoms with E-state index in [1.807, 2.05) is 30.3 Å². The van der Waals surface area contributed by atoms with Crippen molar-refractivity contribution >= 4 is 11.6 Å². The van der Waals surface area contributed by atoms with E-state index in [0.29, 0.717) is 36.1 Å². The van der Waals surface area contributed by atoms with Gasteiger partial charge in [0.25, 0.3) is 0 Å². The molecule has 0 radical (unpaired) electrons. The van der Waals surface area contributed by atoms with Crippen LogP contribution in [0.15, 0.2) is 72.8 Å². The van der Waals surface area contributed by atoms with E-state index < -0.39 is 6.10 Å². The molecule has 6 heteroatoms. The van der Waals surface area contributed by atoms with Crippen molar-refractivity contribution in [3.05, 3.63) is 89.7 Å². The Hall–Kier alpha value is -3.38. The van der Waals surface area contributed by atoms with Crippen LogP contribution >= 0.6 is 0 Å². The number of rotatable bonds is 7. The third-order valence-electron chi connectivity index (χ3n) is 6.09. The van der Waals surface area contributed by atoms with E-state index in [0.717, 1.165) is 5.69 Å². The molecule has 32 heavy (non-hydrogen) atoms. The molecular weight excluding hydrogens is 409 g/mol. The first-order valence-electron chi connectivity index (χ1n) is 10.7. The molecule has 0 aromatic heterocycles. The first kappa shape index (κ1) is 21.8. The number of anilines is 1. The molecule has 1 aliphatic heterocycles. The van der Waals surface area contributed by atoms with Crippen LogP contribution < -0.4 is 9.64 Å². The lowest BCUT2D eigenvalue weighted by atomic mass is 9.87. The number of para-hydroxylation sites is 1. The average molecular weight is 435 g/mol. The largest absolute Gasteiger partial charge is 0.507 e. The van der Waals surface area contributed by atoms with E-state index in [9.17, 15) is 19.4 Å². The monoisotopic (exact) mass is 435 g/mol. The summed E-state index contributed by atoms with van der Waals surface area (Å²) in [5.74, 6) is 0.102. The van der Waals surface area contributed by atoms with E-state index in [2.05, 4.69) is 0 Å². The van der Waals surface area contributed by atoms with Crippen molar-refractivity contribution in [2.75, 3.05) is 12.0 Å². The summed E-state index contributed by atoms with van der Waals surface area (Å²) in [5, 5.41) is 21.3. The minimum absolute atomic E-state index is 0.0299. The number of hydrogen-bond donors (Lipinski definition) is 2. The first-order valence-corrected chi connectivity index (χ1v) is 10.7. The highest BCUT2D eigenvalue weighted by Gasteiger charge is 2.42. The van der Waals surface area contributed by atoms with Crippen molar-refractivity contribution < 1.29 is 24.1 Å². The number of aliphatic hydroxyl groups excluding tert-OH is 1. The van der Waals surface area contributed by atoms with E-state index in [-0.39, 0.29) is 29.4 Å². The summed E-state index contributed by atoms with van der Waals surface area (Å²) in [6, 6.07) is 19.9. The fraction of sp³-hybridized carbons (Fsp3) is 0.269. The topological polar surface area (TPSA) is 70.0 Å². The molecule has 3 atom stereocenters. The molecule has 2 N–H and O–H groups in total. The van der Waals surface area contributed by atoms with Crippen LogP contribution in [0.25, 0.3) is 0 Å². The molecule has 0 spiro atoms. The zero-order valence-corrected chi connectivity index (χ0v) is 17.8. The minimum Gasteiger partial charge on any atom is -0.507 e. The summed E-state index contributed by atoms with van der Waals surface area (Å²) < 4.78 is 18.4. The van der Waals surface area contributed by atoms with Crippen LogP contribution in [0.1, 0.15) is 42.5 Å². The molecule has 1 amide bonds. The van der Waals surface area contributed by atoms with Crippen LogP contribution in [-0.2, 0) is 4.79 Å². The van der Waals surface area contributed by atoms with Crippen LogP contribution in [0.4, 0.5) is 10.1 Å². The second kappa shape index (κ2) is 9.40. The van der Waals surface area contributed by atoms with Crippen molar-refractivity contribution in [2.45, 2.75) is 31.4 Å². The number of aromatic hydroxyl groups is 1. The Morgan fingerprint density at radius 1 is 1.09 bits per heavy atom. The van der Waals surface area contributed by atoms with E-state index >= 15 is 0 Å². The number of phenols is 1. The third kappa shape index (κ3) is 4.46. The van der Waals surface area contributed by atoms with Crippen molar-refractivity contribution in [3.8, 4) is 11.5 Å². The van der Waals surface area contributed by atoms with Crippen LogP contribution in [0.2, 0.25) is 0 Å². The van der Waals surface area contributed by atoms with Crippen molar-refractivity contribution in [3.63, 3.8) is 0 Å². The Bertz CT molecular complexity index is 1070. The van der Waals surface area contributed by atoms with Gasteiger partial charge in [0.1, 0.15) is 17.3 Å². The maximum atomic E-state index is 13.2. The van der Waals surface area contributed by atoms with Gasteiger partial charge in [-0.05, 0) is 60.7 Å². The van der Waals surface area contributed by atoms with Gasteiger partial charge in [-0.2, -0.15) is 0 Å². The standard InChI is InChI=1S/C26H26FNO4/c1-32-21-12-13-22(24(30)16-21)26-18(9-14-23(29)17-7-10-19(27)11-8-17)15-25(31)28(26)20-5-3-2-4-6-20/h2-8,10-13,16,18,23,26,29-30H,9,14-15H2,1H3/t18-,23+,26+/m1/s1. The Morgan fingerprint density at radius 3 is 2.47 bits per heavy atom. The highest BCUT2D eigenvalue weighted by atomic mass is 19.1. The van der Waals surface area contributed by atoms with Gasteiger partial charge in [-0.1, -0.05) is 30.3 Å². The number of amides is 1. The molecule has 1 heterocycles. The van der Waals surface area contributed by atoms with Gasteiger partial charge in [0.15, 0.2) is 0 Å². The van der Waals surface area contributed by atoms with Gasteiger partial charge in [0.05, 0.1) is 19.3 Å². The fourth-order valence-electron chi connectivity index (χ4n) is 4.47. The fourth-order valence-corrected chi connectivity index (χ4v) is 4.47. The highest BCUT2D eigenvalue weighted by Crippen LogP contribution is 2.47. The van der Waals surface area contributed by atoms with Gasteiger partial charge in [0, 0.05) is 23.7 Å². The summed E-state index contributed by atoms with van der Waals surface area (Å²) in [5.41, 5.74) is 2.04. The van der Waals surface area contributed by atoms with Gasteiger partial charge < -0.3 is 19.8 Å². The SMILES string of the molecule is COc1ccc([C@@H]2[C@H](CC[C@H](O)c3ccc(F)cc3)CC(=O)N2c2ccccc2)c(O)c1. The summed E-state index contributed by atoms with van der Waals surface area (Å²) in [6.45, 7) is 0. The van der Waals surface area contributed by atoms with Gasteiger partial charge in [0.2, 0.25) is 5.91 Å². The third-order valence-corrected chi connectivity index (χ3v) is 6.09. The lowest BCUT2D eigenvalue weighted by Crippen LogP contribution is -2.28. The number of halogens is 1. The number of hydrogen-bond acceptors (Lipinski definition) is 4. The van der Waals surface area contributed by atoms with Crippen LogP contribution in [-0.4, -0.2) is 23.2 Å². The number of carbonyl (C=O) groups is 1. The number of carbonyl (C=O) groups excluding carboxylic acids is 1. The molecule has 3 aromatic carbocycles. The van der Waals surface area contributed by atoms with Crippen molar-refractivity contribution in [1.82, 2.24) is 0 Å². The van der Waals surface area contributed by atoms with E-state index in [1.165, 1.54) is 19.2 Å². The van der Waals surface area contributed by atoms with Crippen LogP contribution in [0.5, 0.6) is 11.5 Å². The predicted octanol–water partition coefficient (Wildman–Crippen LogP) is 5.15. The maximum Gasteiger partial charge on any atom is 0.227 e. The van der Waals surface area contributed by atoms with Gasteiger partial charge in [-0.15, -0.1) is 0 Å². The van der Waals surface area contributed by atoms with Gasteiger partial charge in [-0.3, -0.25) is 4.79 Å². The maximum absolute atomic E-state index is 13.2. The molecule has 166 valence electrons. The Balaban J connectivity index is 1.63. The number of nitrogens with zero attached hydrogens (tertiary/aromatic N) is 1. The molecule has 1 fully saturated rings. The number of phenolic OH excluding ortho intramolecular Hbond substituents is 1. The number of aliphatic hydroxyl groups is 1. The van der Waals surface area contributed by atoms with E-state index in [4.69, 9.17) is 4.74 Å². The Morgan fingerprint density at radius 2 is 1.81 bits per heavy atom. The normalized spacial score (nSPS) is 19.2. The molecule has 4 rings (SSSR count). The summed E-state index contributed by atoms with van der Waals surface area (Å²) in [4.78, 5) is 14.8. The Kier molecular flexibility index (Phi) is 6.42. The molecule has 1 aliphatic rings. The molecule has 0 aliphatic carbocycles. The van der Waals surface area contributed by atoms with Crippen molar-refractivity contribution in [1.29, 1.82) is 0 Å². The second-order valence-corrected chi connectivity index (χ2v) is 8.08. The first-order chi connectivity index (χ1) is 15.5. The molecule has 3 aromatic rings. The second-order valence-electron chi connectivity index (χ2n) is 8.08. The minimum atomic E-state index is -0.762. The quantitative estimate of drug-likeness (QED) is 0.539. The number of benzene rings is 3. The van der Waals surface area contributed by atoms with Gasteiger partial charge in [-0.25, -0.2) is 4.39 Å². The lowest BCUT2D eigenvalue weighted by molar-refractivity contribution is -0.117. The number of methoxy groups -OCH3 is 1. The van der Waals surface area contributed by atoms with Crippen LogP contribution in [0.3, 0.4) is 0 Å². The average Bonchev–Trinajstić information content (AvgIpc) is 3.14. The molecule has 0 unspecified atom stereocenters. The molecule has 5 nitrogen and oxygen atoms in total.